The zero-order chi connectivity index (χ0) is 19.1. The molecule has 0 aliphatic carbocycles. The van der Waals surface area contributed by atoms with Gasteiger partial charge in [0.2, 0.25) is 0 Å². The molecule has 1 saturated heterocycles. The number of carbonyl (C=O) groups is 1. The second-order valence-electron chi connectivity index (χ2n) is 7.10. The molecule has 1 amide bonds. The van der Waals surface area contributed by atoms with E-state index >= 15 is 0 Å². The Hall–Kier alpha value is -2.24. The van der Waals surface area contributed by atoms with Crippen LogP contribution in [0.25, 0.3) is 11.1 Å². The maximum atomic E-state index is 13.0. The number of carbonyl (C=O) groups excluding carboxylic acids is 1. The molecule has 5 heteroatoms. The van der Waals surface area contributed by atoms with E-state index in [2.05, 4.69) is 10.2 Å². The van der Waals surface area contributed by atoms with Gasteiger partial charge in [-0.25, -0.2) is 4.39 Å². The lowest BCUT2D eigenvalue weighted by atomic mass is 10.0. The van der Waals surface area contributed by atoms with Crippen molar-refractivity contribution in [3.05, 3.63) is 59.9 Å². The summed E-state index contributed by atoms with van der Waals surface area (Å²) in [4.78, 5) is 14.8. The first-order valence-electron chi connectivity index (χ1n) is 9.51. The Bertz CT molecular complexity index is 731. The number of likely N-dealkylation sites (tertiary alicyclic amines) is 1. The smallest absolute Gasteiger partial charge is 0.251 e. The molecule has 4 nitrogen and oxygen atoms in total. The van der Waals surface area contributed by atoms with Crippen molar-refractivity contribution >= 4 is 5.91 Å². The largest absolute Gasteiger partial charge is 0.385 e. The number of nitrogens with zero attached hydrogens (tertiary/aromatic N) is 1. The number of benzene rings is 2. The molecule has 0 bridgehead atoms. The van der Waals surface area contributed by atoms with Gasteiger partial charge in [0.1, 0.15) is 5.82 Å². The molecule has 1 atom stereocenters. The molecule has 0 spiro atoms. The number of methoxy groups -OCH3 is 1. The summed E-state index contributed by atoms with van der Waals surface area (Å²) < 4.78 is 18.1. The Kier molecular flexibility index (Phi) is 6.96. The van der Waals surface area contributed by atoms with Gasteiger partial charge >= 0.3 is 0 Å². The number of ether oxygens (including phenoxy) is 1. The van der Waals surface area contributed by atoms with Crippen molar-refractivity contribution in [3.8, 4) is 11.1 Å². The zero-order valence-corrected chi connectivity index (χ0v) is 15.8. The van der Waals surface area contributed by atoms with E-state index in [0.717, 1.165) is 50.2 Å². The third-order valence-corrected chi connectivity index (χ3v) is 5.07. The van der Waals surface area contributed by atoms with Gasteiger partial charge in [-0.2, -0.15) is 0 Å². The highest BCUT2D eigenvalue weighted by atomic mass is 19.1. The first-order valence-corrected chi connectivity index (χ1v) is 9.51. The normalized spacial score (nSPS) is 17.2. The van der Waals surface area contributed by atoms with Gasteiger partial charge in [0.15, 0.2) is 0 Å². The van der Waals surface area contributed by atoms with Crippen LogP contribution >= 0.6 is 0 Å². The molecular weight excluding hydrogens is 343 g/mol. The van der Waals surface area contributed by atoms with Crippen molar-refractivity contribution in [1.82, 2.24) is 10.2 Å². The first-order chi connectivity index (χ1) is 13.2. The summed E-state index contributed by atoms with van der Waals surface area (Å²) in [7, 11) is 1.73. The maximum absolute atomic E-state index is 13.0. The van der Waals surface area contributed by atoms with Crippen LogP contribution in [0.2, 0.25) is 0 Å². The fourth-order valence-electron chi connectivity index (χ4n) is 3.51. The van der Waals surface area contributed by atoms with Crippen molar-refractivity contribution in [2.24, 2.45) is 5.92 Å². The van der Waals surface area contributed by atoms with Gasteiger partial charge < -0.3 is 15.0 Å². The van der Waals surface area contributed by atoms with Crippen LogP contribution in [0.5, 0.6) is 0 Å². The number of rotatable bonds is 8. The van der Waals surface area contributed by atoms with E-state index in [9.17, 15) is 9.18 Å². The van der Waals surface area contributed by atoms with Gasteiger partial charge in [0.05, 0.1) is 0 Å². The van der Waals surface area contributed by atoms with Crippen LogP contribution in [-0.4, -0.2) is 50.7 Å². The third-order valence-electron chi connectivity index (χ3n) is 5.07. The third kappa shape index (κ3) is 5.62. The van der Waals surface area contributed by atoms with E-state index in [1.165, 1.54) is 12.1 Å². The number of nitrogens with one attached hydrogen (secondary N) is 1. The minimum absolute atomic E-state index is 0.0431. The van der Waals surface area contributed by atoms with E-state index in [4.69, 9.17) is 4.74 Å². The Morgan fingerprint density at radius 3 is 2.48 bits per heavy atom. The Morgan fingerprint density at radius 1 is 1.15 bits per heavy atom. The van der Waals surface area contributed by atoms with Crippen LogP contribution in [0.1, 0.15) is 23.2 Å². The van der Waals surface area contributed by atoms with Gasteiger partial charge in [0.25, 0.3) is 5.91 Å². The quantitative estimate of drug-likeness (QED) is 0.722. The summed E-state index contributed by atoms with van der Waals surface area (Å²) >= 11 is 0. The monoisotopic (exact) mass is 370 g/mol. The number of hydrogen-bond acceptors (Lipinski definition) is 3. The van der Waals surface area contributed by atoms with Crippen LogP contribution in [0, 0.1) is 11.7 Å². The lowest BCUT2D eigenvalue weighted by molar-refractivity contribution is 0.0947. The fraction of sp³-hybridized carbons (Fsp3) is 0.409. The lowest BCUT2D eigenvalue weighted by Gasteiger charge is -2.16. The molecule has 0 aromatic heterocycles. The number of halogens is 1. The molecule has 1 heterocycles. The van der Waals surface area contributed by atoms with Crippen molar-refractivity contribution in [1.29, 1.82) is 0 Å². The Balaban J connectivity index is 1.46. The molecule has 2 aromatic rings. The second-order valence-corrected chi connectivity index (χ2v) is 7.10. The van der Waals surface area contributed by atoms with Gasteiger partial charge in [-0.15, -0.1) is 0 Å². The van der Waals surface area contributed by atoms with Crippen molar-refractivity contribution in [3.63, 3.8) is 0 Å². The van der Waals surface area contributed by atoms with Crippen LogP contribution < -0.4 is 5.32 Å². The van der Waals surface area contributed by atoms with E-state index in [1.807, 2.05) is 24.3 Å². The molecular formula is C22H27FN2O2. The molecule has 0 saturated carbocycles. The SMILES string of the molecule is COCCCN1CCC(CNC(=O)c2ccc(-c3ccc(F)cc3)cc2)C1. The predicted molar refractivity (Wildman–Crippen MR) is 105 cm³/mol. The zero-order valence-electron chi connectivity index (χ0n) is 15.8. The van der Waals surface area contributed by atoms with Gasteiger partial charge in [0, 0.05) is 38.9 Å². The fourth-order valence-corrected chi connectivity index (χ4v) is 3.51. The highest BCUT2D eigenvalue weighted by Crippen LogP contribution is 2.20. The predicted octanol–water partition coefficient (Wildman–Crippen LogP) is 3.58. The Morgan fingerprint density at radius 2 is 1.81 bits per heavy atom. The molecule has 27 heavy (non-hydrogen) atoms. The highest BCUT2D eigenvalue weighted by Gasteiger charge is 2.22. The minimum atomic E-state index is -0.251. The molecule has 1 unspecified atom stereocenters. The standard InChI is InChI=1S/C22H27FN2O2/c1-27-14-2-12-25-13-11-17(16-25)15-24-22(26)20-5-3-18(4-6-20)19-7-9-21(23)10-8-19/h3-10,17H,2,11-16H2,1H3,(H,24,26). The summed E-state index contributed by atoms with van der Waals surface area (Å²) in [6.07, 6.45) is 2.17. The molecule has 1 aliphatic heterocycles. The van der Waals surface area contributed by atoms with Crippen LogP contribution in [-0.2, 0) is 4.74 Å². The first kappa shape index (κ1) is 19.5. The number of hydrogen-bond donors (Lipinski definition) is 1. The molecule has 1 aliphatic rings. The molecule has 144 valence electrons. The molecule has 1 N–H and O–H groups in total. The number of amides is 1. The molecule has 3 rings (SSSR count). The average Bonchev–Trinajstić information content (AvgIpc) is 3.15. The average molecular weight is 370 g/mol. The van der Waals surface area contributed by atoms with E-state index in [1.54, 1.807) is 19.2 Å². The summed E-state index contributed by atoms with van der Waals surface area (Å²) in [5.41, 5.74) is 2.55. The van der Waals surface area contributed by atoms with Crippen LogP contribution in [0.3, 0.4) is 0 Å². The van der Waals surface area contributed by atoms with Gasteiger partial charge in [-0.05, 0) is 60.7 Å². The molecule has 2 aromatic carbocycles. The Labute approximate surface area is 160 Å². The van der Waals surface area contributed by atoms with Crippen molar-refractivity contribution in [2.75, 3.05) is 39.9 Å². The molecule has 0 radical (unpaired) electrons. The summed E-state index contributed by atoms with van der Waals surface area (Å²) in [5, 5.41) is 3.06. The maximum Gasteiger partial charge on any atom is 0.251 e. The highest BCUT2D eigenvalue weighted by molar-refractivity contribution is 5.94. The molecule has 1 fully saturated rings. The van der Waals surface area contributed by atoms with Crippen molar-refractivity contribution in [2.45, 2.75) is 12.8 Å². The lowest BCUT2D eigenvalue weighted by Crippen LogP contribution is -2.31. The summed E-state index contributed by atoms with van der Waals surface area (Å²) in [6.45, 7) is 4.69. The van der Waals surface area contributed by atoms with Crippen molar-refractivity contribution < 1.29 is 13.9 Å². The van der Waals surface area contributed by atoms with Crippen LogP contribution in [0.15, 0.2) is 48.5 Å². The summed E-state index contributed by atoms with van der Waals surface area (Å²) in [5.74, 6) is 0.215. The van der Waals surface area contributed by atoms with Gasteiger partial charge in [-0.3, -0.25) is 4.79 Å². The van der Waals surface area contributed by atoms with E-state index in [0.29, 0.717) is 18.0 Å². The van der Waals surface area contributed by atoms with Crippen LogP contribution in [0.4, 0.5) is 4.39 Å². The topological polar surface area (TPSA) is 41.6 Å². The summed E-state index contributed by atoms with van der Waals surface area (Å²) in [6, 6.07) is 13.8. The van der Waals surface area contributed by atoms with E-state index in [-0.39, 0.29) is 11.7 Å². The second kappa shape index (κ2) is 9.62. The van der Waals surface area contributed by atoms with Gasteiger partial charge in [-0.1, -0.05) is 24.3 Å². The van der Waals surface area contributed by atoms with E-state index < -0.39 is 0 Å². The minimum Gasteiger partial charge on any atom is -0.385 e.